The highest BCUT2D eigenvalue weighted by Gasteiger charge is 2.28. The van der Waals surface area contributed by atoms with Crippen molar-refractivity contribution in [2.24, 2.45) is 0 Å². The summed E-state index contributed by atoms with van der Waals surface area (Å²) in [5.41, 5.74) is 0. The summed E-state index contributed by atoms with van der Waals surface area (Å²) in [6, 6.07) is 1.89. The predicted octanol–water partition coefficient (Wildman–Crippen LogP) is 3.85. The second-order valence-corrected chi connectivity index (χ2v) is 9.73. The number of hydrogen-bond acceptors (Lipinski definition) is 6. The van der Waals surface area contributed by atoms with Crippen LogP contribution in [-0.4, -0.2) is 76.1 Å². The largest absolute Gasteiger partial charge is 0.353 e. The lowest BCUT2D eigenvalue weighted by molar-refractivity contribution is -0.133. The van der Waals surface area contributed by atoms with Crippen LogP contribution < -0.4 is 4.90 Å². The molecule has 0 aromatic carbocycles. The van der Waals surface area contributed by atoms with E-state index in [0.29, 0.717) is 42.1 Å². The second-order valence-electron chi connectivity index (χ2n) is 8.40. The molecule has 9 heteroatoms. The van der Waals surface area contributed by atoms with E-state index < -0.39 is 0 Å². The van der Waals surface area contributed by atoms with Gasteiger partial charge in [0.2, 0.25) is 11.8 Å². The maximum Gasteiger partial charge on any atom is 0.233 e. The summed E-state index contributed by atoms with van der Waals surface area (Å²) in [6.07, 6.45) is 7.17. The summed E-state index contributed by atoms with van der Waals surface area (Å²) in [4.78, 5) is 40.0. The number of piperazine rings is 1. The number of halogens is 1. The minimum absolute atomic E-state index is 0.119. The van der Waals surface area contributed by atoms with E-state index in [-0.39, 0.29) is 17.9 Å². The van der Waals surface area contributed by atoms with Crippen LogP contribution in [0.15, 0.2) is 11.2 Å². The monoisotopic (exact) mass is 467 g/mol. The standard InChI is InChI=1S/C22H34ClN5O2S/c1-3-4-6-9-20(29)28-13-12-27(15-17(28)2)19-14-18(23)24-22(25-19)31-16-21(30)26-10-7-5-8-11-26/h14,17H,3-13,15-16H2,1-2H3. The van der Waals surface area contributed by atoms with Gasteiger partial charge in [-0.3, -0.25) is 9.59 Å². The van der Waals surface area contributed by atoms with E-state index in [1.165, 1.54) is 18.2 Å². The molecule has 0 saturated carbocycles. The van der Waals surface area contributed by atoms with E-state index in [1.807, 2.05) is 9.80 Å². The van der Waals surface area contributed by atoms with Crippen molar-refractivity contribution in [3.63, 3.8) is 0 Å². The van der Waals surface area contributed by atoms with Crippen molar-refractivity contribution in [1.82, 2.24) is 19.8 Å². The van der Waals surface area contributed by atoms with Crippen molar-refractivity contribution < 1.29 is 9.59 Å². The number of thioether (sulfide) groups is 1. The Hall–Kier alpha value is -1.54. The molecule has 0 bridgehead atoms. The number of aromatic nitrogens is 2. The van der Waals surface area contributed by atoms with Crippen molar-refractivity contribution in [2.75, 3.05) is 43.4 Å². The van der Waals surface area contributed by atoms with Crippen LogP contribution in [0.2, 0.25) is 5.15 Å². The van der Waals surface area contributed by atoms with Crippen LogP contribution in [0.25, 0.3) is 0 Å². The van der Waals surface area contributed by atoms with Crippen LogP contribution in [0.4, 0.5) is 5.82 Å². The molecule has 2 saturated heterocycles. The summed E-state index contributed by atoms with van der Waals surface area (Å²) >= 11 is 7.61. The second kappa shape index (κ2) is 11.9. The van der Waals surface area contributed by atoms with Gasteiger partial charge < -0.3 is 14.7 Å². The molecular weight excluding hydrogens is 434 g/mol. The molecule has 3 rings (SSSR count). The fraction of sp³-hybridized carbons (Fsp3) is 0.727. The summed E-state index contributed by atoms with van der Waals surface area (Å²) < 4.78 is 0. The summed E-state index contributed by atoms with van der Waals surface area (Å²) in [5, 5.41) is 0.905. The molecule has 2 aliphatic rings. The lowest BCUT2D eigenvalue weighted by Gasteiger charge is -2.40. The maximum absolute atomic E-state index is 12.5. The SMILES string of the molecule is CCCCCC(=O)N1CCN(c2cc(Cl)nc(SCC(=O)N3CCCCC3)n2)CC1C. The number of rotatable bonds is 8. The quantitative estimate of drug-likeness (QED) is 0.250. The highest BCUT2D eigenvalue weighted by Crippen LogP contribution is 2.25. The van der Waals surface area contributed by atoms with Gasteiger partial charge >= 0.3 is 0 Å². The normalized spacial score (nSPS) is 19.6. The summed E-state index contributed by atoms with van der Waals surface area (Å²) in [6.45, 7) is 8.04. The molecule has 31 heavy (non-hydrogen) atoms. The molecule has 2 fully saturated rings. The third-order valence-corrected chi connectivity index (χ3v) is 6.99. The topological polar surface area (TPSA) is 69.6 Å². The molecule has 0 N–H and O–H groups in total. The number of hydrogen-bond donors (Lipinski definition) is 0. The zero-order chi connectivity index (χ0) is 22.2. The first-order valence-corrected chi connectivity index (χ1v) is 12.8. The highest BCUT2D eigenvalue weighted by molar-refractivity contribution is 7.99. The number of nitrogens with zero attached hydrogens (tertiary/aromatic N) is 5. The van der Waals surface area contributed by atoms with E-state index in [4.69, 9.17) is 11.6 Å². The van der Waals surface area contributed by atoms with Crippen LogP contribution in [0.1, 0.15) is 58.8 Å². The van der Waals surface area contributed by atoms with Gasteiger partial charge in [0.25, 0.3) is 0 Å². The van der Waals surface area contributed by atoms with Gasteiger partial charge in [-0.25, -0.2) is 9.97 Å². The minimum Gasteiger partial charge on any atom is -0.353 e. The average molecular weight is 468 g/mol. The van der Waals surface area contributed by atoms with Gasteiger partial charge in [-0.2, -0.15) is 0 Å². The van der Waals surface area contributed by atoms with Crippen molar-refractivity contribution in [2.45, 2.75) is 70.0 Å². The first kappa shape index (κ1) is 24.1. The van der Waals surface area contributed by atoms with Gasteiger partial charge in [0.1, 0.15) is 11.0 Å². The van der Waals surface area contributed by atoms with Gasteiger partial charge in [0, 0.05) is 51.3 Å². The minimum atomic E-state index is 0.119. The molecule has 7 nitrogen and oxygen atoms in total. The number of likely N-dealkylation sites (tertiary alicyclic amines) is 1. The van der Waals surface area contributed by atoms with Crippen LogP contribution in [0.5, 0.6) is 0 Å². The molecule has 2 amide bonds. The Morgan fingerprint density at radius 3 is 2.58 bits per heavy atom. The Morgan fingerprint density at radius 2 is 1.87 bits per heavy atom. The fourth-order valence-corrected chi connectivity index (χ4v) is 5.16. The molecule has 0 aliphatic carbocycles. The van der Waals surface area contributed by atoms with Gasteiger partial charge in [-0.1, -0.05) is 43.1 Å². The number of carbonyl (C=O) groups is 2. The molecule has 172 valence electrons. The molecule has 1 atom stereocenters. The smallest absolute Gasteiger partial charge is 0.233 e. The van der Waals surface area contributed by atoms with E-state index >= 15 is 0 Å². The van der Waals surface area contributed by atoms with Crippen molar-refractivity contribution in [3.8, 4) is 0 Å². The summed E-state index contributed by atoms with van der Waals surface area (Å²) in [7, 11) is 0. The molecule has 0 radical (unpaired) electrons. The number of piperidine rings is 1. The number of amides is 2. The molecule has 1 unspecified atom stereocenters. The van der Waals surface area contributed by atoms with Crippen LogP contribution in [0, 0.1) is 0 Å². The number of carbonyl (C=O) groups excluding carboxylic acids is 2. The maximum atomic E-state index is 12.5. The Labute approximate surface area is 194 Å². The highest BCUT2D eigenvalue weighted by atomic mass is 35.5. The van der Waals surface area contributed by atoms with E-state index in [1.54, 1.807) is 6.07 Å². The van der Waals surface area contributed by atoms with Crippen LogP contribution in [-0.2, 0) is 9.59 Å². The third-order valence-electron chi connectivity index (χ3n) is 5.96. The van der Waals surface area contributed by atoms with Crippen LogP contribution in [0.3, 0.4) is 0 Å². The molecule has 1 aromatic rings. The Bertz CT molecular complexity index is 759. The molecule has 0 spiro atoms. The summed E-state index contributed by atoms with van der Waals surface area (Å²) in [5.74, 6) is 1.47. The van der Waals surface area contributed by atoms with Crippen molar-refractivity contribution in [3.05, 3.63) is 11.2 Å². The Balaban J connectivity index is 1.56. The molecule has 2 aliphatic heterocycles. The lowest BCUT2D eigenvalue weighted by Crippen LogP contribution is -2.54. The molecule has 1 aromatic heterocycles. The average Bonchev–Trinajstić information content (AvgIpc) is 2.77. The fourth-order valence-electron chi connectivity index (χ4n) is 4.18. The zero-order valence-corrected chi connectivity index (χ0v) is 20.3. The predicted molar refractivity (Wildman–Crippen MR) is 126 cm³/mol. The van der Waals surface area contributed by atoms with Gasteiger partial charge in [0.15, 0.2) is 5.16 Å². The van der Waals surface area contributed by atoms with Gasteiger partial charge in [-0.05, 0) is 32.6 Å². The first-order chi connectivity index (χ1) is 15.0. The van der Waals surface area contributed by atoms with Gasteiger partial charge in [0.05, 0.1) is 5.75 Å². The van der Waals surface area contributed by atoms with Crippen LogP contribution >= 0.6 is 23.4 Å². The Morgan fingerprint density at radius 1 is 1.10 bits per heavy atom. The van der Waals surface area contributed by atoms with E-state index in [0.717, 1.165) is 51.0 Å². The third kappa shape index (κ3) is 6.97. The zero-order valence-electron chi connectivity index (χ0n) is 18.7. The van der Waals surface area contributed by atoms with Crippen molar-refractivity contribution in [1.29, 1.82) is 0 Å². The van der Waals surface area contributed by atoms with E-state index in [2.05, 4.69) is 28.7 Å². The van der Waals surface area contributed by atoms with Gasteiger partial charge in [-0.15, -0.1) is 0 Å². The first-order valence-electron chi connectivity index (χ1n) is 11.5. The molecule has 3 heterocycles. The number of anilines is 1. The molecular formula is C22H34ClN5O2S. The Kier molecular flexibility index (Phi) is 9.26. The van der Waals surface area contributed by atoms with Crippen molar-refractivity contribution >= 4 is 41.0 Å². The van der Waals surface area contributed by atoms with E-state index in [9.17, 15) is 9.59 Å². The lowest BCUT2D eigenvalue weighted by atomic mass is 10.1. The number of unbranched alkanes of at least 4 members (excludes halogenated alkanes) is 2.